The lowest BCUT2D eigenvalue weighted by Gasteiger charge is -2.40. The van der Waals surface area contributed by atoms with Gasteiger partial charge >= 0.3 is 5.97 Å². The second kappa shape index (κ2) is 6.37. The molecule has 0 spiro atoms. The first-order chi connectivity index (χ1) is 9.93. The molecule has 8 heteroatoms. The molecule has 1 heterocycles. The van der Waals surface area contributed by atoms with E-state index in [1.54, 1.807) is 0 Å². The van der Waals surface area contributed by atoms with E-state index in [0.717, 1.165) is 0 Å². The number of rotatable bonds is 4. The first kappa shape index (κ1) is 15.7. The molecule has 1 aromatic rings. The Balaban J connectivity index is 2.08. The van der Waals surface area contributed by atoms with E-state index in [-0.39, 0.29) is 5.56 Å². The van der Waals surface area contributed by atoms with Crippen molar-refractivity contribution in [3.63, 3.8) is 0 Å². The molecule has 21 heavy (non-hydrogen) atoms. The molecular weight excluding hydrogens is 282 g/mol. The average Bonchev–Trinajstić information content (AvgIpc) is 2.48. The van der Waals surface area contributed by atoms with Crippen LogP contribution in [0, 0.1) is 0 Å². The summed E-state index contributed by atoms with van der Waals surface area (Å²) >= 11 is 0. The maximum Gasteiger partial charge on any atom is 0.335 e. The Morgan fingerprint density at radius 3 is 2.24 bits per heavy atom. The summed E-state index contributed by atoms with van der Waals surface area (Å²) in [7, 11) is 0. The SMILES string of the molecule is O=C(O)c1ccc(N[C@@H]2O[C@@H](CO)[C@@H](O)[C@H](O)[C@@H]2O)cc1. The molecule has 0 amide bonds. The van der Waals surface area contributed by atoms with E-state index in [1.165, 1.54) is 24.3 Å². The summed E-state index contributed by atoms with van der Waals surface area (Å²) < 4.78 is 5.27. The van der Waals surface area contributed by atoms with E-state index < -0.39 is 43.2 Å². The molecule has 5 atom stereocenters. The Hall–Kier alpha value is -1.71. The molecule has 2 rings (SSSR count). The lowest BCUT2D eigenvalue weighted by molar-refractivity contribution is -0.221. The summed E-state index contributed by atoms with van der Waals surface area (Å²) in [6.07, 6.45) is -6.33. The molecule has 6 N–H and O–H groups in total. The van der Waals surface area contributed by atoms with Crippen LogP contribution in [0.15, 0.2) is 24.3 Å². The van der Waals surface area contributed by atoms with Crippen molar-refractivity contribution in [3.8, 4) is 0 Å². The second-order valence-corrected chi connectivity index (χ2v) is 4.78. The highest BCUT2D eigenvalue weighted by Crippen LogP contribution is 2.23. The van der Waals surface area contributed by atoms with Crippen molar-refractivity contribution in [2.45, 2.75) is 30.6 Å². The van der Waals surface area contributed by atoms with Crippen molar-refractivity contribution in [2.24, 2.45) is 0 Å². The fourth-order valence-electron chi connectivity index (χ4n) is 2.09. The summed E-state index contributed by atoms with van der Waals surface area (Å²) in [5.74, 6) is -1.06. The predicted molar refractivity (Wildman–Crippen MR) is 70.8 cm³/mol. The number of carboxylic acids is 1. The third kappa shape index (κ3) is 3.31. The topological polar surface area (TPSA) is 139 Å². The molecule has 0 aromatic heterocycles. The van der Waals surface area contributed by atoms with Crippen LogP contribution in [0.25, 0.3) is 0 Å². The highest BCUT2D eigenvalue weighted by Gasteiger charge is 2.43. The summed E-state index contributed by atoms with van der Waals surface area (Å²) in [6, 6.07) is 5.69. The molecule has 0 unspecified atom stereocenters. The van der Waals surface area contributed by atoms with Crippen LogP contribution in [0.4, 0.5) is 5.69 Å². The quantitative estimate of drug-likeness (QED) is 0.399. The minimum atomic E-state index is -1.47. The average molecular weight is 299 g/mol. The number of aromatic carboxylic acids is 1. The molecule has 1 saturated heterocycles. The van der Waals surface area contributed by atoms with E-state index in [0.29, 0.717) is 5.69 Å². The predicted octanol–water partition coefficient (Wildman–Crippen LogP) is -1.40. The lowest BCUT2D eigenvalue weighted by atomic mass is 9.98. The van der Waals surface area contributed by atoms with Gasteiger partial charge in [-0.2, -0.15) is 0 Å². The monoisotopic (exact) mass is 299 g/mol. The van der Waals surface area contributed by atoms with E-state index in [4.69, 9.17) is 14.9 Å². The minimum absolute atomic E-state index is 0.106. The van der Waals surface area contributed by atoms with Gasteiger partial charge in [0.25, 0.3) is 0 Å². The Bertz CT molecular complexity index is 490. The zero-order valence-corrected chi connectivity index (χ0v) is 11.0. The number of hydrogen-bond donors (Lipinski definition) is 6. The van der Waals surface area contributed by atoms with E-state index in [9.17, 15) is 20.1 Å². The van der Waals surface area contributed by atoms with E-state index >= 15 is 0 Å². The number of carbonyl (C=O) groups is 1. The highest BCUT2D eigenvalue weighted by atomic mass is 16.6. The van der Waals surface area contributed by atoms with Crippen LogP contribution in [0.1, 0.15) is 10.4 Å². The van der Waals surface area contributed by atoms with Crippen molar-refractivity contribution in [2.75, 3.05) is 11.9 Å². The van der Waals surface area contributed by atoms with Gasteiger partial charge in [0.15, 0.2) is 6.23 Å². The molecule has 0 saturated carbocycles. The number of hydrogen-bond acceptors (Lipinski definition) is 7. The van der Waals surface area contributed by atoms with Crippen LogP contribution in [-0.4, -0.2) is 68.8 Å². The molecule has 0 radical (unpaired) electrons. The maximum absolute atomic E-state index is 10.7. The van der Waals surface area contributed by atoms with Gasteiger partial charge in [0.2, 0.25) is 0 Å². The minimum Gasteiger partial charge on any atom is -0.478 e. The summed E-state index contributed by atoms with van der Waals surface area (Å²) in [4.78, 5) is 10.7. The van der Waals surface area contributed by atoms with Crippen LogP contribution in [0.3, 0.4) is 0 Å². The van der Waals surface area contributed by atoms with Gasteiger partial charge in [0, 0.05) is 5.69 Å². The van der Waals surface area contributed by atoms with Crippen LogP contribution in [-0.2, 0) is 4.74 Å². The number of anilines is 1. The Kier molecular flexibility index (Phi) is 4.76. The molecule has 0 bridgehead atoms. The fraction of sp³-hybridized carbons (Fsp3) is 0.462. The molecule has 1 aliphatic heterocycles. The standard InChI is InChI=1S/C13H17NO7/c15-5-8-9(16)10(17)11(18)12(21-8)14-7-3-1-6(2-4-7)13(19)20/h1-4,8-12,14-18H,5H2,(H,19,20)/t8-,9+,10-,11-,12+/m0/s1. The first-order valence-corrected chi connectivity index (χ1v) is 6.34. The van der Waals surface area contributed by atoms with E-state index in [2.05, 4.69) is 5.32 Å². The van der Waals surface area contributed by atoms with Crippen LogP contribution < -0.4 is 5.32 Å². The maximum atomic E-state index is 10.7. The number of benzene rings is 1. The first-order valence-electron chi connectivity index (χ1n) is 6.34. The number of ether oxygens (including phenoxy) is 1. The van der Waals surface area contributed by atoms with Crippen molar-refractivity contribution in [3.05, 3.63) is 29.8 Å². The molecule has 1 aromatic carbocycles. The summed E-state index contributed by atoms with van der Waals surface area (Å²) in [5.41, 5.74) is 0.568. The Morgan fingerprint density at radius 1 is 1.10 bits per heavy atom. The molecule has 116 valence electrons. The van der Waals surface area contributed by atoms with Crippen LogP contribution in [0.2, 0.25) is 0 Å². The number of aliphatic hydroxyl groups excluding tert-OH is 4. The molecule has 8 nitrogen and oxygen atoms in total. The zero-order valence-electron chi connectivity index (χ0n) is 11.0. The van der Waals surface area contributed by atoms with Gasteiger partial charge in [0.05, 0.1) is 12.2 Å². The van der Waals surface area contributed by atoms with Gasteiger partial charge in [-0.25, -0.2) is 4.79 Å². The largest absolute Gasteiger partial charge is 0.478 e. The van der Waals surface area contributed by atoms with Crippen molar-refractivity contribution < 1.29 is 35.1 Å². The second-order valence-electron chi connectivity index (χ2n) is 4.78. The third-order valence-corrected chi connectivity index (χ3v) is 3.33. The smallest absolute Gasteiger partial charge is 0.335 e. The Labute approximate surface area is 120 Å². The molecule has 1 aliphatic rings. The molecular formula is C13H17NO7. The van der Waals surface area contributed by atoms with E-state index in [1.807, 2.05) is 0 Å². The molecule has 0 aliphatic carbocycles. The van der Waals surface area contributed by atoms with Gasteiger partial charge in [0.1, 0.15) is 24.4 Å². The third-order valence-electron chi connectivity index (χ3n) is 3.33. The summed E-state index contributed by atoms with van der Waals surface area (Å²) in [6.45, 7) is -0.513. The zero-order chi connectivity index (χ0) is 15.6. The highest BCUT2D eigenvalue weighted by molar-refractivity contribution is 5.87. The van der Waals surface area contributed by atoms with Gasteiger partial charge in [-0.05, 0) is 24.3 Å². The van der Waals surface area contributed by atoms with Crippen LogP contribution in [0.5, 0.6) is 0 Å². The number of aliphatic hydroxyl groups is 4. The van der Waals surface area contributed by atoms with Gasteiger partial charge in [-0.15, -0.1) is 0 Å². The van der Waals surface area contributed by atoms with Gasteiger partial charge in [-0.3, -0.25) is 0 Å². The number of nitrogens with one attached hydrogen (secondary N) is 1. The number of carboxylic acid groups (broad SMARTS) is 1. The fourth-order valence-corrected chi connectivity index (χ4v) is 2.09. The summed E-state index contributed by atoms with van der Waals surface area (Å²) in [5, 5.41) is 49.8. The van der Waals surface area contributed by atoms with Gasteiger partial charge in [-0.1, -0.05) is 0 Å². The lowest BCUT2D eigenvalue weighted by Crippen LogP contribution is -2.60. The van der Waals surface area contributed by atoms with Gasteiger partial charge < -0.3 is 35.6 Å². The van der Waals surface area contributed by atoms with Crippen LogP contribution >= 0.6 is 0 Å². The van der Waals surface area contributed by atoms with Crippen molar-refractivity contribution >= 4 is 11.7 Å². The van der Waals surface area contributed by atoms with Crippen molar-refractivity contribution in [1.29, 1.82) is 0 Å². The van der Waals surface area contributed by atoms with Crippen molar-refractivity contribution in [1.82, 2.24) is 0 Å². The normalized spacial score (nSPS) is 32.7. The molecule has 1 fully saturated rings. The Morgan fingerprint density at radius 2 is 1.71 bits per heavy atom.